The molecule has 36 heavy (non-hydrogen) atoms. The highest BCUT2D eigenvalue weighted by molar-refractivity contribution is 6.01. The lowest BCUT2D eigenvalue weighted by atomic mass is 9.86. The van der Waals surface area contributed by atoms with Gasteiger partial charge in [-0.1, -0.05) is 32.1 Å². The Kier molecular flexibility index (Phi) is 7.80. The SMILES string of the molecule is CC(C)(C)OC(=O)N1CCC(c2cc(=O)[nH]c3c(C(=O)NCC(=O)CC4CCCCC4)cnn23)CC1. The first-order valence-electron chi connectivity index (χ1n) is 13.0. The van der Waals surface area contributed by atoms with Crippen molar-refractivity contribution in [1.82, 2.24) is 24.8 Å². The van der Waals surface area contributed by atoms with E-state index in [1.807, 2.05) is 20.8 Å². The van der Waals surface area contributed by atoms with Crippen LogP contribution in [-0.4, -0.2) is 62.5 Å². The van der Waals surface area contributed by atoms with E-state index in [1.165, 1.54) is 31.5 Å². The molecule has 3 heterocycles. The Bertz CT molecular complexity index is 1160. The summed E-state index contributed by atoms with van der Waals surface area (Å²) >= 11 is 0. The summed E-state index contributed by atoms with van der Waals surface area (Å²) in [5.41, 5.74) is 0.356. The van der Waals surface area contributed by atoms with Crippen molar-refractivity contribution in [1.29, 1.82) is 0 Å². The van der Waals surface area contributed by atoms with Gasteiger partial charge >= 0.3 is 6.09 Å². The summed E-state index contributed by atoms with van der Waals surface area (Å²) in [4.78, 5) is 54.5. The largest absolute Gasteiger partial charge is 0.444 e. The molecule has 1 saturated carbocycles. The Morgan fingerprint density at radius 3 is 2.47 bits per heavy atom. The van der Waals surface area contributed by atoms with E-state index in [-0.39, 0.29) is 35.5 Å². The highest BCUT2D eigenvalue weighted by Gasteiger charge is 2.29. The number of Topliss-reactive ketones (excluding diaryl/α,β-unsaturated/α-hetero) is 1. The molecule has 2 aromatic heterocycles. The van der Waals surface area contributed by atoms with Gasteiger partial charge in [-0.25, -0.2) is 9.31 Å². The van der Waals surface area contributed by atoms with Crippen molar-refractivity contribution < 1.29 is 19.1 Å². The van der Waals surface area contributed by atoms with E-state index in [0.29, 0.717) is 49.6 Å². The van der Waals surface area contributed by atoms with Crippen LogP contribution < -0.4 is 10.9 Å². The average Bonchev–Trinajstić information content (AvgIpc) is 3.25. The molecule has 196 valence electrons. The predicted octanol–water partition coefficient (Wildman–Crippen LogP) is 3.41. The Labute approximate surface area is 210 Å². The van der Waals surface area contributed by atoms with Crippen molar-refractivity contribution in [2.45, 2.75) is 83.7 Å². The normalized spacial score (nSPS) is 17.8. The number of ketones is 1. The minimum absolute atomic E-state index is 0.00127. The zero-order valence-electron chi connectivity index (χ0n) is 21.5. The summed E-state index contributed by atoms with van der Waals surface area (Å²) in [6.45, 7) is 6.49. The van der Waals surface area contributed by atoms with E-state index in [9.17, 15) is 19.2 Å². The number of hydrogen-bond donors (Lipinski definition) is 2. The van der Waals surface area contributed by atoms with Crippen LogP contribution in [0.3, 0.4) is 0 Å². The van der Waals surface area contributed by atoms with Gasteiger partial charge in [-0.3, -0.25) is 14.4 Å². The minimum Gasteiger partial charge on any atom is -0.444 e. The summed E-state index contributed by atoms with van der Waals surface area (Å²) in [6, 6.07) is 1.50. The van der Waals surface area contributed by atoms with Crippen LogP contribution in [-0.2, 0) is 9.53 Å². The van der Waals surface area contributed by atoms with Crippen LogP contribution in [0.1, 0.15) is 94.1 Å². The van der Waals surface area contributed by atoms with E-state index < -0.39 is 11.5 Å². The second-order valence-corrected chi connectivity index (χ2v) is 11.0. The molecule has 0 spiro atoms. The average molecular weight is 500 g/mol. The van der Waals surface area contributed by atoms with Gasteiger partial charge in [0.15, 0.2) is 5.78 Å². The Morgan fingerprint density at radius 2 is 1.81 bits per heavy atom. The van der Waals surface area contributed by atoms with Crippen LogP contribution in [0.4, 0.5) is 4.79 Å². The monoisotopic (exact) mass is 499 g/mol. The molecule has 1 aliphatic carbocycles. The molecule has 1 aliphatic heterocycles. The molecule has 2 aromatic rings. The number of nitrogens with zero attached hydrogens (tertiary/aromatic N) is 3. The van der Waals surface area contributed by atoms with Crippen LogP contribution in [0.25, 0.3) is 5.65 Å². The molecular weight excluding hydrogens is 462 g/mol. The lowest BCUT2D eigenvalue weighted by molar-refractivity contribution is -0.119. The third kappa shape index (κ3) is 6.33. The molecule has 2 fully saturated rings. The molecule has 10 heteroatoms. The molecule has 0 aromatic carbocycles. The summed E-state index contributed by atoms with van der Waals surface area (Å²) < 4.78 is 7.06. The number of aromatic amines is 1. The molecule has 0 bridgehead atoms. The molecule has 4 rings (SSSR count). The van der Waals surface area contributed by atoms with Gasteiger partial charge in [-0.05, 0) is 39.5 Å². The number of H-pyrrole nitrogens is 1. The predicted molar refractivity (Wildman–Crippen MR) is 134 cm³/mol. The second kappa shape index (κ2) is 10.8. The number of rotatable bonds is 6. The summed E-state index contributed by atoms with van der Waals surface area (Å²) in [5, 5.41) is 7.07. The van der Waals surface area contributed by atoms with Crippen molar-refractivity contribution in [3.8, 4) is 0 Å². The van der Waals surface area contributed by atoms with Crippen molar-refractivity contribution in [2.75, 3.05) is 19.6 Å². The van der Waals surface area contributed by atoms with Crippen molar-refractivity contribution in [2.24, 2.45) is 5.92 Å². The van der Waals surface area contributed by atoms with Gasteiger partial charge in [0.1, 0.15) is 16.8 Å². The molecule has 1 saturated heterocycles. The molecule has 2 amide bonds. The molecule has 2 N–H and O–H groups in total. The van der Waals surface area contributed by atoms with E-state index in [2.05, 4.69) is 15.4 Å². The van der Waals surface area contributed by atoms with E-state index in [1.54, 1.807) is 9.42 Å². The maximum atomic E-state index is 12.9. The van der Waals surface area contributed by atoms with Gasteiger partial charge in [-0.2, -0.15) is 5.10 Å². The van der Waals surface area contributed by atoms with Gasteiger partial charge in [0, 0.05) is 31.5 Å². The lowest BCUT2D eigenvalue weighted by Gasteiger charge is -2.33. The fourth-order valence-electron chi connectivity index (χ4n) is 5.21. The summed E-state index contributed by atoms with van der Waals surface area (Å²) in [5.74, 6) is 0.00865. The van der Waals surface area contributed by atoms with Crippen LogP contribution in [0, 0.1) is 5.92 Å². The van der Waals surface area contributed by atoms with Crippen molar-refractivity contribution in [3.63, 3.8) is 0 Å². The highest BCUT2D eigenvalue weighted by atomic mass is 16.6. The summed E-state index contributed by atoms with van der Waals surface area (Å²) in [6.07, 6.45) is 8.60. The number of carbonyl (C=O) groups is 3. The Morgan fingerprint density at radius 1 is 1.11 bits per heavy atom. The molecule has 10 nitrogen and oxygen atoms in total. The number of ether oxygens (including phenoxy) is 1. The third-order valence-electron chi connectivity index (χ3n) is 7.03. The maximum Gasteiger partial charge on any atom is 0.410 e. The van der Waals surface area contributed by atoms with Gasteiger partial charge in [0.25, 0.3) is 11.5 Å². The highest BCUT2D eigenvalue weighted by Crippen LogP contribution is 2.29. The number of nitrogens with one attached hydrogen (secondary N) is 2. The lowest BCUT2D eigenvalue weighted by Crippen LogP contribution is -2.41. The molecular formula is C26H37N5O5. The number of aromatic nitrogens is 3. The first-order chi connectivity index (χ1) is 17.1. The number of likely N-dealkylation sites (tertiary alicyclic amines) is 1. The van der Waals surface area contributed by atoms with Gasteiger partial charge in [-0.15, -0.1) is 0 Å². The smallest absolute Gasteiger partial charge is 0.410 e. The maximum absolute atomic E-state index is 12.9. The number of piperidine rings is 1. The topological polar surface area (TPSA) is 126 Å². The number of amides is 2. The van der Waals surface area contributed by atoms with Crippen LogP contribution in [0.15, 0.2) is 17.1 Å². The number of fused-ring (bicyclic) bond motifs is 1. The molecule has 2 aliphatic rings. The molecule has 0 radical (unpaired) electrons. The first-order valence-corrected chi connectivity index (χ1v) is 13.0. The zero-order chi connectivity index (χ0) is 25.9. The van der Waals surface area contributed by atoms with E-state index >= 15 is 0 Å². The number of hydrogen-bond acceptors (Lipinski definition) is 6. The molecule has 0 unspecified atom stereocenters. The zero-order valence-corrected chi connectivity index (χ0v) is 21.5. The standard InChI is InChI=1S/C26H37N5O5/c1-26(2,3)36-25(35)30-11-9-18(10-12-30)21-14-22(33)29-23-20(16-28-31(21)23)24(34)27-15-19(32)13-17-7-5-4-6-8-17/h14,16-18H,4-13,15H2,1-3H3,(H,27,34)(H,29,33). The fourth-order valence-corrected chi connectivity index (χ4v) is 5.21. The van der Waals surface area contributed by atoms with Crippen LogP contribution in [0.2, 0.25) is 0 Å². The van der Waals surface area contributed by atoms with E-state index in [4.69, 9.17) is 4.74 Å². The van der Waals surface area contributed by atoms with Crippen molar-refractivity contribution >= 4 is 23.4 Å². The van der Waals surface area contributed by atoms with Gasteiger partial charge in [0.2, 0.25) is 0 Å². The fraction of sp³-hybridized carbons (Fsp3) is 0.654. The Balaban J connectivity index is 1.41. The van der Waals surface area contributed by atoms with Gasteiger partial charge < -0.3 is 19.9 Å². The Hall–Kier alpha value is -3.17. The second-order valence-electron chi connectivity index (χ2n) is 11.0. The minimum atomic E-state index is -0.556. The summed E-state index contributed by atoms with van der Waals surface area (Å²) in [7, 11) is 0. The van der Waals surface area contributed by atoms with Crippen molar-refractivity contribution in [3.05, 3.63) is 33.9 Å². The van der Waals surface area contributed by atoms with E-state index in [0.717, 1.165) is 12.8 Å². The van der Waals surface area contributed by atoms with Gasteiger partial charge in [0.05, 0.1) is 18.4 Å². The number of carbonyl (C=O) groups excluding carboxylic acids is 3. The third-order valence-corrected chi connectivity index (χ3v) is 7.03. The first kappa shape index (κ1) is 25.9. The molecule has 0 atom stereocenters. The quantitative estimate of drug-likeness (QED) is 0.627. The van der Waals surface area contributed by atoms with Crippen LogP contribution in [0.5, 0.6) is 0 Å². The van der Waals surface area contributed by atoms with Crippen LogP contribution >= 0.6 is 0 Å².